The van der Waals surface area contributed by atoms with Crippen LogP contribution in [-0.4, -0.2) is 58.8 Å². The van der Waals surface area contributed by atoms with Crippen molar-refractivity contribution >= 4 is 5.82 Å². The number of β-amino-alcohol motifs (C(OH)–C–C–N with tert-alkyl or cyclic N) is 1. The summed E-state index contributed by atoms with van der Waals surface area (Å²) in [5.41, 5.74) is 3.07. The Morgan fingerprint density at radius 1 is 1.19 bits per heavy atom. The summed E-state index contributed by atoms with van der Waals surface area (Å²) in [4.78, 5) is 14.0. The van der Waals surface area contributed by atoms with E-state index in [2.05, 4.69) is 21.7 Å². The van der Waals surface area contributed by atoms with Crippen LogP contribution in [0, 0.1) is 12.7 Å². The van der Waals surface area contributed by atoms with Crippen LogP contribution in [0.2, 0.25) is 0 Å². The van der Waals surface area contributed by atoms with Gasteiger partial charge in [0.05, 0.1) is 6.10 Å². The van der Waals surface area contributed by atoms with Crippen LogP contribution in [0.3, 0.4) is 0 Å². The first-order valence-electron chi connectivity index (χ1n) is 9.72. The Morgan fingerprint density at radius 3 is 2.56 bits per heavy atom. The third-order valence-electron chi connectivity index (χ3n) is 4.98. The van der Waals surface area contributed by atoms with Gasteiger partial charge in [-0.1, -0.05) is 19.1 Å². The summed E-state index contributed by atoms with van der Waals surface area (Å²) in [6, 6.07) is 6.76. The molecule has 2 heterocycles. The Hall–Kier alpha value is -2.05. The van der Waals surface area contributed by atoms with Crippen LogP contribution in [0.15, 0.2) is 24.3 Å². The Bertz CT molecular complexity index is 773. The number of benzene rings is 1. The number of hydrogen-bond donors (Lipinski definition) is 1. The van der Waals surface area contributed by atoms with E-state index in [1.165, 1.54) is 6.07 Å². The molecule has 1 aromatic heterocycles. The van der Waals surface area contributed by atoms with E-state index >= 15 is 0 Å². The van der Waals surface area contributed by atoms with Crippen molar-refractivity contribution in [2.24, 2.45) is 0 Å². The monoisotopic (exact) mass is 372 g/mol. The zero-order chi connectivity index (χ0) is 19.4. The van der Waals surface area contributed by atoms with Gasteiger partial charge in [0.25, 0.3) is 0 Å². The zero-order valence-corrected chi connectivity index (χ0v) is 16.5. The van der Waals surface area contributed by atoms with Crippen LogP contribution in [0.4, 0.5) is 10.2 Å². The molecule has 0 aliphatic carbocycles. The van der Waals surface area contributed by atoms with Gasteiger partial charge in [-0.15, -0.1) is 0 Å². The first kappa shape index (κ1) is 19.7. The van der Waals surface area contributed by atoms with Crippen molar-refractivity contribution < 1.29 is 9.50 Å². The molecule has 2 aromatic rings. The number of halogens is 1. The van der Waals surface area contributed by atoms with Crippen molar-refractivity contribution in [3.8, 4) is 0 Å². The molecule has 0 spiro atoms. The maximum absolute atomic E-state index is 13.7. The number of aliphatic hydroxyl groups excluding tert-OH is 1. The van der Waals surface area contributed by atoms with E-state index in [1.54, 1.807) is 12.1 Å². The van der Waals surface area contributed by atoms with Gasteiger partial charge in [-0.2, -0.15) is 0 Å². The minimum absolute atomic E-state index is 0.216. The van der Waals surface area contributed by atoms with Crippen molar-refractivity contribution in [1.29, 1.82) is 0 Å². The smallest absolute Gasteiger partial charge is 0.136 e. The number of nitrogens with zero attached hydrogens (tertiary/aromatic N) is 4. The molecule has 0 saturated carbocycles. The Labute approximate surface area is 160 Å². The summed E-state index contributed by atoms with van der Waals surface area (Å²) in [7, 11) is 0. The minimum atomic E-state index is -0.312. The molecular formula is C21H29FN4O. The van der Waals surface area contributed by atoms with E-state index in [-0.39, 0.29) is 11.9 Å². The van der Waals surface area contributed by atoms with Gasteiger partial charge in [0.2, 0.25) is 0 Å². The average molecular weight is 372 g/mol. The van der Waals surface area contributed by atoms with E-state index in [4.69, 9.17) is 4.98 Å². The van der Waals surface area contributed by atoms with Crippen LogP contribution in [-0.2, 0) is 12.8 Å². The fourth-order valence-corrected chi connectivity index (χ4v) is 3.74. The maximum Gasteiger partial charge on any atom is 0.136 e. The maximum atomic E-state index is 13.7. The van der Waals surface area contributed by atoms with Crippen LogP contribution in [0.1, 0.15) is 36.5 Å². The van der Waals surface area contributed by atoms with E-state index < -0.39 is 0 Å². The molecule has 1 fully saturated rings. The third-order valence-corrected chi connectivity index (χ3v) is 4.98. The highest BCUT2D eigenvalue weighted by Gasteiger charge is 2.23. The quantitative estimate of drug-likeness (QED) is 0.845. The lowest BCUT2D eigenvalue weighted by Crippen LogP contribution is -2.49. The standard InChI is InChI=1S/C21H29FN4O/c1-4-20-19(13-17-6-5-7-18(22)12-17)21(24-16(3)23-20)26-10-8-25(9-11-26)14-15(2)27/h5-7,12,15,27H,4,8-11,13-14H2,1-3H3. The molecular weight excluding hydrogens is 343 g/mol. The van der Waals surface area contributed by atoms with Gasteiger partial charge in [0.1, 0.15) is 17.5 Å². The van der Waals surface area contributed by atoms with E-state index in [9.17, 15) is 9.50 Å². The van der Waals surface area contributed by atoms with Crippen LogP contribution < -0.4 is 4.90 Å². The molecule has 1 unspecified atom stereocenters. The van der Waals surface area contributed by atoms with Gasteiger partial charge in [0.15, 0.2) is 0 Å². The lowest BCUT2D eigenvalue weighted by molar-refractivity contribution is 0.122. The molecule has 6 heteroatoms. The molecule has 3 rings (SSSR count). The Balaban J connectivity index is 1.87. The highest BCUT2D eigenvalue weighted by molar-refractivity contribution is 5.52. The molecule has 0 bridgehead atoms. The highest BCUT2D eigenvalue weighted by Crippen LogP contribution is 2.26. The SMILES string of the molecule is CCc1nc(C)nc(N2CCN(CC(C)O)CC2)c1Cc1cccc(F)c1. The number of rotatable bonds is 6. The number of anilines is 1. The van der Waals surface area contributed by atoms with Gasteiger partial charge in [-0.3, -0.25) is 4.90 Å². The molecule has 1 atom stereocenters. The summed E-state index contributed by atoms with van der Waals surface area (Å²) < 4.78 is 13.7. The van der Waals surface area contributed by atoms with E-state index in [1.807, 2.05) is 19.9 Å². The van der Waals surface area contributed by atoms with Crippen molar-refractivity contribution in [2.45, 2.75) is 39.7 Å². The van der Waals surface area contributed by atoms with Gasteiger partial charge < -0.3 is 10.0 Å². The Kier molecular flexibility index (Phi) is 6.39. The molecule has 1 N–H and O–H groups in total. The molecule has 0 radical (unpaired) electrons. The number of aromatic nitrogens is 2. The number of aliphatic hydroxyl groups is 1. The summed E-state index contributed by atoms with van der Waals surface area (Å²) in [6.45, 7) is 10.1. The third kappa shape index (κ3) is 5.02. The average Bonchev–Trinajstić information content (AvgIpc) is 2.63. The molecule has 27 heavy (non-hydrogen) atoms. The second kappa shape index (κ2) is 8.76. The van der Waals surface area contributed by atoms with Crippen molar-refractivity contribution in [1.82, 2.24) is 14.9 Å². The second-order valence-corrected chi connectivity index (χ2v) is 7.32. The summed E-state index contributed by atoms with van der Waals surface area (Å²) in [5.74, 6) is 1.53. The predicted molar refractivity (Wildman–Crippen MR) is 106 cm³/mol. The second-order valence-electron chi connectivity index (χ2n) is 7.32. The lowest BCUT2D eigenvalue weighted by Gasteiger charge is -2.37. The summed E-state index contributed by atoms with van der Waals surface area (Å²) in [6.07, 6.45) is 1.14. The van der Waals surface area contributed by atoms with Gasteiger partial charge >= 0.3 is 0 Å². The molecule has 1 saturated heterocycles. The number of hydrogen-bond acceptors (Lipinski definition) is 5. The van der Waals surface area contributed by atoms with Crippen molar-refractivity contribution in [3.05, 3.63) is 52.7 Å². The number of aryl methyl sites for hydroxylation is 2. The van der Waals surface area contributed by atoms with Crippen molar-refractivity contribution in [2.75, 3.05) is 37.6 Å². The van der Waals surface area contributed by atoms with E-state index in [0.29, 0.717) is 13.0 Å². The lowest BCUT2D eigenvalue weighted by atomic mass is 10.0. The number of piperazine rings is 1. The van der Waals surface area contributed by atoms with Gasteiger partial charge in [0, 0.05) is 50.4 Å². The largest absolute Gasteiger partial charge is 0.392 e. The highest BCUT2D eigenvalue weighted by atomic mass is 19.1. The normalized spacial score (nSPS) is 16.6. The summed E-state index contributed by atoms with van der Waals surface area (Å²) in [5, 5.41) is 9.62. The first-order chi connectivity index (χ1) is 13.0. The van der Waals surface area contributed by atoms with Crippen LogP contribution in [0.25, 0.3) is 0 Å². The zero-order valence-electron chi connectivity index (χ0n) is 16.5. The van der Waals surface area contributed by atoms with Crippen molar-refractivity contribution in [3.63, 3.8) is 0 Å². The van der Waals surface area contributed by atoms with Gasteiger partial charge in [-0.25, -0.2) is 14.4 Å². The van der Waals surface area contributed by atoms with Crippen LogP contribution in [0.5, 0.6) is 0 Å². The fraction of sp³-hybridized carbons (Fsp3) is 0.524. The molecule has 1 aliphatic heterocycles. The molecule has 1 aliphatic rings. The molecule has 0 amide bonds. The Morgan fingerprint density at radius 2 is 1.93 bits per heavy atom. The van der Waals surface area contributed by atoms with Gasteiger partial charge in [-0.05, 0) is 38.0 Å². The van der Waals surface area contributed by atoms with Crippen LogP contribution >= 0.6 is 0 Å². The molecule has 1 aromatic carbocycles. The first-order valence-corrected chi connectivity index (χ1v) is 9.72. The predicted octanol–water partition coefficient (Wildman–Crippen LogP) is 2.58. The topological polar surface area (TPSA) is 52.5 Å². The van der Waals surface area contributed by atoms with E-state index in [0.717, 1.165) is 61.1 Å². The molecule has 5 nitrogen and oxygen atoms in total. The fourth-order valence-electron chi connectivity index (χ4n) is 3.74. The molecule has 146 valence electrons. The minimum Gasteiger partial charge on any atom is -0.392 e. The summed E-state index contributed by atoms with van der Waals surface area (Å²) >= 11 is 0.